The quantitative estimate of drug-likeness (QED) is 0.288. The average molecular weight is 156 g/mol. The molecule has 0 bridgehead atoms. The summed E-state index contributed by atoms with van der Waals surface area (Å²) in [5, 5.41) is 2.69. The lowest BCUT2D eigenvalue weighted by molar-refractivity contribution is -0.192. The molecule has 10 heavy (non-hydrogen) atoms. The second-order valence-electron chi connectivity index (χ2n) is 1.59. The minimum atomic E-state index is 0.415. The monoisotopic (exact) mass is 156 g/mol. The lowest BCUT2D eigenvalue weighted by Crippen LogP contribution is -1.94. The fraction of sp³-hybridized carbons (Fsp3) is 0.143. The summed E-state index contributed by atoms with van der Waals surface area (Å²) < 4.78 is 0. The van der Waals surface area contributed by atoms with E-state index in [0.717, 1.165) is 5.06 Å². The van der Waals surface area contributed by atoms with E-state index in [1.54, 1.807) is 6.08 Å². The molecular formula is C7H8O2S. The van der Waals surface area contributed by atoms with Gasteiger partial charge in [0, 0.05) is 0 Å². The van der Waals surface area contributed by atoms with Crippen molar-refractivity contribution in [3.05, 3.63) is 30.2 Å². The van der Waals surface area contributed by atoms with Crippen LogP contribution >= 0.6 is 11.3 Å². The Kier molecular flexibility index (Phi) is 2.99. The largest absolute Gasteiger partial charge is 0.326 e. The molecule has 0 radical (unpaired) electrons. The van der Waals surface area contributed by atoms with Gasteiger partial charge in [0.25, 0.3) is 0 Å². The highest BCUT2D eigenvalue weighted by atomic mass is 32.1. The molecule has 0 aromatic carbocycles. The Balaban J connectivity index is 2.21. The van der Waals surface area contributed by atoms with E-state index in [-0.39, 0.29) is 0 Å². The minimum Gasteiger partial charge on any atom is -0.326 e. The Morgan fingerprint density at radius 3 is 3.20 bits per heavy atom. The second-order valence-corrected chi connectivity index (χ2v) is 2.50. The lowest BCUT2D eigenvalue weighted by Gasteiger charge is -1.96. The highest BCUT2D eigenvalue weighted by Gasteiger charge is 1.91. The Bertz CT molecular complexity index is 181. The molecule has 1 aromatic rings. The molecule has 54 valence electrons. The molecule has 1 rings (SSSR count). The van der Waals surface area contributed by atoms with Crippen molar-refractivity contribution < 1.29 is 9.78 Å². The van der Waals surface area contributed by atoms with Gasteiger partial charge in [-0.05, 0) is 17.5 Å². The highest BCUT2D eigenvalue weighted by molar-refractivity contribution is 7.11. The molecule has 0 spiro atoms. The smallest absolute Gasteiger partial charge is 0.219 e. The molecule has 0 aliphatic rings. The van der Waals surface area contributed by atoms with Gasteiger partial charge in [-0.25, -0.2) is 0 Å². The zero-order valence-corrected chi connectivity index (χ0v) is 6.26. The van der Waals surface area contributed by atoms with Gasteiger partial charge in [-0.2, -0.15) is 4.89 Å². The van der Waals surface area contributed by atoms with Crippen LogP contribution in [0.1, 0.15) is 0 Å². The minimum absolute atomic E-state index is 0.415. The van der Waals surface area contributed by atoms with Crippen LogP contribution in [0.5, 0.6) is 5.06 Å². The lowest BCUT2D eigenvalue weighted by atomic mass is 10.7. The van der Waals surface area contributed by atoms with Crippen molar-refractivity contribution in [2.75, 3.05) is 6.61 Å². The maximum Gasteiger partial charge on any atom is 0.219 e. The van der Waals surface area contributed by atoms with Crippen molar-refractivity contribution in [2.24, 2.45) is 0 Å². The van der Waals surface area contributed by atoms with Crippen LogP contribution in [-0.4, -0.2) is 6.61 Å². The molecule has 0 unspecified atom stereocenters. The Hall–Kier alpha value is -0.800. The van der Waals surface area contributed by atoms with Crippen LogP contribution in [0.4, 0.5) is 0 Å². The standard InChI is InChI=1S/C7H8O2S/c1-2-5-8-9-7-4-3-6-10-7/h2-4,6H,1,5H2. The summed E-state index contributed by atoms with van der Waals surface area (Å²) in [6, 6.07) is 3.74. The zero-order chi connectivity index (χ0) is 7.23. The maximum atomic E-state index is 4.83. The van der Waals surface area contributed by atoms with E-state index >= 15 is 0 Å². The van der Waals surface area contributed by atoms with E-state index in [0.29, 0.717) is 6.61 Å². The van der Waals surface area contributed by atoms with Crippen molar-refractivity contribution in [3.63, 3.8) is 0 Å². The normalized spacial score (nSPS) is 9.20. The Labute approximate surface area is 63.6 Å². The molecular weight excluding hydrogens is 148 g/mol. The second kappa shape index (κ2) is 4.09. The summed E-state index contributed by atoms with van der Waals surface area (Å²) in [6.07, 6.45) is 1.63. The van der Waals surface area contributed by atoms with Gasteiger partial charge in [0.15, 0.2) is 0 Å². The van der Waals surface area contributed by atoms with E-state index in [1.165, 1.54) is 11.3 Å². The van der Waals surface area contributed by atoms with Crippen LogP contribution in [0.15, 0.2) is 30.2 Å². The van der Waals surface area contributed by atoms with Gasteiger partial charge in [0.2, 0.25) is 5.06 Å². The first-order valence-electron chi connectivity index (χ1n) is 2.87. The van der Waals surface area contributed by atoms with Crippen LogP contribution in [0.2, 0.25) is 0 Å². The fourth-order valence-corrected chi connectivity index (χ4v) is 0.987. The van der Waals surface area contributed by atoms with E-state index in [4.69, 9.17) is 9.78 Å². The van der Waals surface area contributed by atoms with Crippen molar-refractivity contribution >= 4 is 11.3 Å². The molecule has 1 aromatic heterocycles. The number of hydrogen-bond acceptors (Lipinski definition) is 3. The Morgan fingerprint density at radius 1 is 1.70 bits per heavy atom. The molecule has 0 amide bonds. The third-order valence-electron chi connectivity index (χ3n) is 0.822. The zero-order valence-electron chi connectivity index (χ0n) is 5.45. The topological polar surface area (TPSA) is 18.5 Å². The van der Waals surface area contributed by atoms with Crippen LogP contribution < -0.4 is 4.89 Å². The van der Waals surface area contributed by atoms with Crippen LogP contribution in [0, 0.1) is 0 Å². The third-order valence-corrected chi connectivity index (χ3v) is 1.55. The van der Waals surface area contributed by atoms with Crippen LogP contribution in [0.3, 0.4) is 0 Å². The molecule has 0 N–H and O–H groups in total. The van der Waals surface area contributed by atoms with Crippen molar-refractivity contribution in [1.29, 1.82) is 0 Å². The SMILES string of the molecule is C=CCOOc1cccs1. The molecule has 3 heteroatoms. The summed E-state index contributed by atoms with van der Waals surface area (Å²) in [7, 11) is 0. The van der Waals surface area contributed by atoms with E-state index in [9.17, 15) is 0 Å². The summed E-state index contributed by atoms with van der Waals surface area (Å²) in [5.74, 6) is 0. The van der Waals surface area contributed by atoms with Gasteiger partial charge in [-0.3, -0.25) is 0 Å². The molecule has 1 heterocycles. The third kappa shape index (κ3) is 2.21. The molecule has 0 aliphatic heterocycles. The molecule has 0 atom stereocenters. The summed E-state index contributed by atoms with van der Waals surface area (Å²) in [4.78, 5) is 9.55. The van der Waals surface area contributed by atoms with E-state index < -0.39 is 0 Å². The van der Waals surface area contributed by atoms with E-state index in [1.807, 2.05) is 17.5 Å². The summed E-state index contributed by atoms with van der Waals surface area (Å²) in [6.45, 7) is 3.89. The highest BCUT2D eigenvalue weighted by Crippen LogP contribution is 2.17. The Morgan fingerprint density at radius 2 is 2.60 bits per heavy atom. The molecule has 0 fully saturated rings. The number of thiophene rings is 1. The van der Waals surface area contributed by atoms with Gasteiger partial charge in [0.1, 0.15) is 6.61 Å². The molecule has 0 saturated heterocycles. The van der Waals surface area contributed by atoms with Crippen molar-refractivity contribution in [2.45, 2.75) is 0 Å². The van der Waals surface area contributed by atoms with Crippen molar-refractivity contribution in [1.82, 2.24) is 0 Å². The molecule has 0 aliphatic carbocycles. The van der Waals surface area contributed by atoms with Crippen molar-refractivity contribution in [3.8, 4) is 5.06 Å². The first kappa shape index (κ1) is 7.31. The average Bonchev–Trinajstić information content (AvgIpc) is 2.41. The number of hydrogen-bond donors (Lipinski definition) is 0. The first-order valence-corrected chi connectivity index (χ1v) is 3.75. The van der Waals surface area contributed by atoms with E-state index in [2.05, 4.69) is 6.58 Å². The van der Waals surface area contributed by atoms with Crippen LogP contribution in [-0.2, 0) is 4.89 Å². The molecule has 2 nitrogen and oxygen atoms in total. The maximum absolute atomic E-state index is 4.83. The fourth-order valence-electron chi connectivity index (χ4n) is 0.451. The number of rotatable bonds is 4. The summed E-state index contributed by atoms with van der Waals surface area (Å²) >= 11 is 1.49. The van der Waals surface area contributed by atoms with Crippen LogP contribution in [0.25, 0.3) is 0 Å². The van der Waals surface area contributed by atoms with Gasteiger partial charge in [-0.15, -0.1) is 17.9 Å². The van der Waals surface area contributed by atoms with Gasteiger partial charge in [-0.1, -0.05) is 6.08 Å². The van der Waals surface area contributed by atoms with Gasteiger partial charge >= 0.3 is 0 Å². The van der Waals surface area contributed by atoms with Gasteiger partial charge in [0.05, 0.1) is 0 Å². The first-order chi connectivity index (χ1) is 4.93. The predicted molar refractivity (Wildman–Crippen MR) is 41.1 cm³/mol. The molecule has 0 saturated carbocycles. The summed E-state index contributed by atoms with van der Waals surface area (Å²) in [5.41, 5.74) is 0. The predicted octanol–water partition coefficient (Wildman–Crippen LogP) is 2.24. The van der Waals surface area contributed by atoms with Gasteiger partial charge < -0.3 is 4.89 Å².